The lowest BCUT2D eigenvalue weighted by Gasteiger charge is -1.99. The van der Waals surface area contributed by atoms with Gasteiger partial charge < -0.3 is 5.11 Å². The van der Waals surface area contributed by atoms with E-state index >= 15 is 0 Å². The molecule has 0 aliphatic carbocycles. The monoisotopic (exact) mass is 182 g/mol. The summed E-state index contributed by atoms with van der Waals surface area (Å²) in [6.07, 6.45) is 13.3. The van der Waals surface area contributed by atoms with Crippen molar-refractivity contribution >= 4 is 0 Å². The maximum atomic E-state index is 9.40. The third kappa shape index (κ3) is 9.35. The Bertz CT molecular complexity index is 147. The Labute approximate surface area is 82.2 Å². The third-order valence-electron chi connectivity index (χ3n) is 1.95. The number of aliphatic hydroxyl groups excluding tert-OH is 1. The molecule has 0 aromatic rings. The first kappa shape index (κ1) is 12.4. The molecule has 76 valence electrons. The van der Waals surface area contributed by atoms with Crippen molar-refractivity contribution in [1.82, 2.24) is 0 Å². The molecule has 0 saturated heterocycles. The van der Waals surface area contributed by atoms with E-state index in [0.29, 0.717) is 0 Å². The van der Waals surface area contributed by atoms with Gasteiger partial charge in [-0.2, -0.15) is 0 Å². The van der Waals surface area contributed by atoms with Gasteiger partial charge in [-0.05, 0) is 26.2 Å². The summed E-state index contributed by atoms with van der Waals surface area (Å²) >= 11 is 0. The minimum Gasteiger partial charge on any atom is -0.389 e. The van der Waals surface area contributed by atoms with Crippen LogP contribution in [0.4, 0.5) is 0 Å². The van der Waals surface area contributed by atoms with Gasteiger partial charge in [0.05, 0.1) is 6.10 Å². The zero-order valence-corrected chi connectivity index (χ0v) is 8.87. The van der Waals surface area contributed by atoms with Crippen LogP contribution in [0.25, 0.3) is 0 Å². The summed E-state index contributed by atoms with van der Waals surface area (Å²) in [5, 5.41) is 9.40. The highest BCUT2D eigenvalue weighted by Crippen LogP contribution is 2.02. The molecule has 0 aromatic carbocycles. The molecule has 0 saturated carbocycles. The molecule has 0 fully saturated rings. The van der Waals surface area contributed by atoms with Crippen molar-refractivity contribution in [3.05, 3.63) is 24.3 Å². The predicted octanol–water partition coefficient (Wildman–Crippen LogP) is 3.45. The van der Waals surface area contributed by atoms with Crippen molar-refractivity contribution < 1.29 is 5.11 Å². The van der Waals surface area contributed by atoms with Crippen molar-refractivity contribution in [2.45, 2.75) is 52.1 Å². The van der Waals surface area contributed by atoms with E-state index in [9.17, 15) is 5.11 Å². The zero-order valence-electron chi connectivity index (χ0n) is 8.87. The lowest BCUT2D eigenvalue weighted by molar-refractivity contribution is 0.226. The second-order valence-electron chi connectivity index (χ2n) is 3.30. The molecule has 0 heterocycles. The Morgan fingerprint density at radius 1 is 1.23 bits per heavy atom. The Morgan fingerprint density at radius 3 is 2.62 bits per heavy atom. The second kappa shape index (κ2) is 9.53. The van der Waals surface area contributed by atoms with E-state index < -0.39 is 0 Å². The highest BCUT2D eigenvalue weighted by atomic mass is 16.3. The average molecular weight is 182 g/mol. The van der Waals surface area contributed by atoms with Crippen LogP contribution in [0.3, 0.4) is 0 Å². The summed E-state index contributed by atoms with van der Waals surface area (Å²) in [7, 11) is 0. The van der Waals surface area contributed by atoms with Crippen molar-refractivity contribution in [3.63, 3.8) is 0 Å². The van der Waals surface area contributed by atoms with Crippen LogP contribution in [0.1, 0.15) is 46.0 Å². The van der Waals surface area contributed by atoms with E-state index in [2.05, 4.69) is 13.0 Å². The largest absolute Gasteiger partial charge is 0.389 e. The van der Waals surface area contributed by atoms with Crippen LogP contribution in [0.5, 0.6) is 0 Å². The summed E-state index contributed by atoms with van der Waals surface area (Å²) in [6.45, 7) is 4.17. The summed E-state index contributed by atoms with van der Waals surface area (Å²) < 4.78 is 0. The van der Waals surface area contributed by atoms with E-state index in [0.717, 1.165) is 12.8 Å². The molecule has 1 nitrogen and oxygen atoms in total. The van der Waals surface area contributed by atoms with Crippen LogP contribution in [-0.4, -0.2) is 11.2 Å². The van der Waals surface area contributed by atoms with Gasteiger partial charge >= 0.3 is 0 Å². The fraction of sp³-hybridized carbons (Fsp3) is 0.667. The van der Waals surface area contributed by atoms with Crippen molar-refractivity contribution in [2.75, 3.05) is 0 Å². The minimum absolute atomic E-state index is 0.294. The summed E-state index contributed by atoms with van der Waals surface area (Å²) in [4.78, 5) is 0. The normalized spacial score (nSPS) is 14.4. The number of hydrogen-bond acceptors (Lipinski definition) is 1. The van der Waals surface area contributed by atoms with E-state index in [1.807, 2.05) is 25.2 Å². The molecule has 0 aromatic heterocycles. The van der Waals surface area contributed by atoms with Crippen molar-refractivity contribution in [2.24, 2.45) is 0 Å². The van der Waals surface area contributed by atoms with Gasteiger partial charge in [-0.1, -0.05) is 44.1 Å². The van der Waals surface area contributed by atoms with Gasteiger partial charge in [0.25, 0.3) is 0 Å². The number of aliphatic hydroxyl groups is 1. The summed E-state index contributed by atoms with van der Waals surface area (Å²) in [5.74, 6) is 0. The molecule has 0 rings (SSSR count). The van der Waals surface area contributed by atoms with Crippen LogP contribution in [-0.2, 0) is 0 Å². The first-order valence-electron chi connectivity index (χ1n) is 5.27. The molecule has 0 spiro atoms. The van der Waals surface area contributed by atoms with Crippen LogP contribution in [0, 0.1) is 0 Å². The van der Waals surface area contributed by atoms with Crippen LogP contribution < -0.4 is 0 Å². The standard InChI is InChI=1S/C12H22O/c1-3-5-7-8-9-11-12(13)10-6-4-2/h4,6,9,11-13H,3,5,7-8,10H2,1-2H3/b6-4-,11-9-. The molecule has 0 aliphatic rings. The molecule has 0 radical (unpaired) electrons. The number of rotatable bonds is 7. The topological polar surface area (TPSA) is 20.2 Å². The predicted molar refractivity (Wildman–Crippen MR) is 58.7 cm³/mol. The summed E-state index contributed by atoms with van der Waals surface area (Å²) in [6, 6.07) is 0. The lowest BCUT2D eigenvalue weighted by atomic mass is 10.1. The van der Waals surface area contributed by atoms with Gasteiger partial charge in [-0.15, -0.1) is 0 Å². The molecule has 1 atom stereocenters. The van der Waals surface area contributed by atoms with Crippen molar-refractivity contribution in [3.8, 4) is 0 Å². The van der Waals surface area contributed by atoms with E-state index in [1.165, 1.54) is 19.3 Å². The van der Waals surface area contributed by atoms with Gasteiger partial charge in [0.1, 0.15) is 0 Å². The fourth-order valence-electron chi connectivity index (χ4n) is 1.12. The maximum Gasteiger partial charge on any atom is 0.0755 e. The molecule has 1 N–H and O–H groups in total. The van der Waals surface area contributed by atoms with Gasteiger partial charge in [0, 0.05) is 0 Å². The van der Waals surface area contributed by atoms with E-state index in [4.69, 9.17) is 0 Å². The molecule has 0 amide bonds. The first-order chi connectivity index (χ1) is 6.31. The number of hydrogen-bond donors (Lipinski definition) is 1. The van der Waals surface area contributed by atoms with Crippen molar-refractivity contribution in [1.29, 1.82) is 0 Å². The Kier molecular flexibility index (Phi) is 9.12. The molecule has 1 heteroatoms. The maximum absolute atomic E-state index is 9.40. The van der Waals surface area contributed by atoms with Gasteiger partial charge in [-0.3, -0.25) is 0 Å². The molecule has 0 bridgehead atoms. The van der Waals surface area contributed by atoms with Crippen LogP contribution >= 0.6 is 0 Å². The fourth-order valence-corrected chi connectivity index (χ4v) is 1.12. The smallest absolute Gasteiger partial charge is 0.0755 e. The summed E-state index contributed by atoms with van der Waals surface area (Å²) in [5.41, 5.74) is 0. The first-order valence-corrected chi connectivity index (χ1v) is 5.27. The molecular weight excluding hydrogens is 160 g/mol. The Hall–Kier alpha value is -0.560. The minimum atomic E-state index is -0.294. The quantitative estimate of drug-likeness (QED) is 0.472. The SMILES string of the molecule is C/C=C\CC(O)/C=C\CCCCC. The Morgan fingerprint density at radius 2 is 2.00 bits per heavy atom. The number of allylic oxidation sites excluding steroid dienone is 2. The zero-order chi connectivity index (χ0) is 9.94. The van der Waals surface area contributed by atoms with E-state index in [-0.39, 0.29) is 6.10 Å². The third-order valence-corrected chi connectivity index (χ3v) is 1.95. The Balaban J connectivity index is 3.36. The van der Waals surface area contributed by atoms with Gasteiger partial charge in [0.15, 0.2) is 0 Å². The molecule has 1 unspecified atom stereocenters. The average Bonchev–Trinajstić information content (AvgIpc) is 2.14. The van der Waals surface area contributed by atoms with E-state index in [1.54, 1.807) is 0 Å². The second-order valence-corrected chi connectivity index (χ2v) is 3.30. The number of unbranched alkanes of at least 4 members (excludes halogenated alkanes) is 3. The van der Waals surface area contributed by atoms with Gasteiger partial charge in [0.2, 0.25) is 0 Å². The van der Waals surface area contributed by atoms with Crippen LogP contribution in [0.15, 0.2) is 24.3 Å². The van der Waals surface area contributed by atoms with Crippen LogP contribution in [0.2, 0.25) is 0 Å². The molecular formula is C12H22O. The highest BCUT2D eigenvalue weighted by molar-refractivity contribution is 4.93. The molecule has 0 aliphatic heterocycles. The molecule has 13 heavy (non-hydrogen) atoms. The lowest BCUT2D eigenvalue weighted by Crippen LogP contribution is -1.98. The van der Waals surface area contributed by atoms with Gasteiger partial charge in [-0.25, -0.2) is 0 Å². The highest BCUT2D eigenvalue weighted by Gasteiger charge is 1.92.